The van der Waals surface area contributed by atoms with Crippen molar-refractivity contribution in [2.45, 2.75) is 43.4 Å². The zero-order valence-electron chi connectivity index (χ0n) is 20.6. The van der Waals surface area contributed by atoms with Crippen LogP contribution in [-0.2, 0) is 15.1 Å². The van der Waals surface area contributed by atoms with Crippen molar-refractivity contribution >= 4 is 40.2 Å². The highest BCUT2D eigenvalue weighted by molar-refractivity contribution is 7.12. The van der Waals surface area contributed by atoms with Crippen LogP contribution in [0, 0.1) is 11.8 Å². The molecule has 192 valence electrons. The molecule has 0 amide bonds. The first-order valence-electron chi connectivity index (χ1n) is 12.5. The van der Waals surface area contributed by atoms with Gasteiger partial charge >= 0.3 is 5.97 Å². The molecule has 0 aliphatic heterocycles. The van der Waals surface area contributed by atoms with Gasteiger partial charge in [0, 0.05) is 29.7 Å². The first kappa shape index (κ1) is 25.7. The molecule has 2 fully saturated rings. The Balaban J connectivity index is 1.22. The lowest BCUT2D eigenvalue weighted by atomic mass is 9.92. The largest absolute Gasteiger partial charge is 0.493 e. The summed E-state index contributed by atoms with van der Waals surface area (Å²) in [5.41, 5.74) is -1.75. The van der Waals surface area contributed by atoms with Gasteiger partial charge in [0.25, 0.3) is 0 Å². The smallest absolute Gasteiger partial charge is 0.349 e. The van der Waals surface area contributed by atoms with E-state index in [9.17, 15) is 9.90 Å². The van der Waals surface area contributed by atoms with E-state index in [-0.39, 0.29) is 6.10 Å². The maximum atomic E-state index is 13.6. The maximum absolute atomic E-state index is 13.6. The fraction of sp³-hybridized carbons (Fsp3) is 0.464. The predicted octanol–water partition coefficient (Wildman–Crippen LogP) is 5.95. The quantitative estimate of drug-likeness (QED) is 0.194. The van der Waals surface area contributed by atoms with E-state index >= 15 is 0 Å². The van der Waals surface area contributed by atoms with E-state index in [2.05, 4.69) is 14.1 Å². The van der Waals surface area contributed by atoms with Crippen LogP contribution in [0.15, 0.2) is 59.3 Å². The minimum atomic E-state index is -1.75. The van der Waals surface area contributed by atoms with Gasteiger partial charge in [-0.3, -0.25) is 0 Å². The Kier molecular flexibility index (Phi) is 7.48. The molecule has 4 atom stereocenters. The van der Waals surface area contributed by atoms with Gasteiger partial charge in [-0.05, 0) is 60.0 Å². The molecule has 1 N–H and O–H groups in total. The Morgan fingerprint density at radius 3 is 2.36 bits per heavy atom. The van der Waals surface area contributed by atoms with Gasteiger partial charge < -0.3 is 19.1 Å². The average molecular weight is 547 g/mol. The van der Waals surface area contributed by atoms with Crippen molar-refractivity contribution < 1.29 is 23.9 Å². The fourth-order valence-electron chi connectivity index (χ4n) is 6.08. The zero-order chi connectivity index (χ0) is 25.3. The number of aliphatic hydroxyl groups is 1. The van der Waals surface area contributed by atoms with Gasteiger partial charge in [0.1, 0.15) is 11.9 Å². The van der Waals surface area contributed by atoms with E-state index in [1.807, 2.05) is 59.3 Å². The van der Waals surface area contributed by atoms with Gasteiger partial charge in [0.05, 0.1) is 43.0 Å². The number of ether oxygens (including phenoxy) is 2. The number of carbonyl (C=O) groups excluding carboxylic acids is 1. The van der Waals surface area contributed by atoms with E-state index in [1.54, 1.807) is 0 Å². The minimum Gasteiger partial charge on any atom is -0.493 e. The van der Waals surface area contributed by atoms with Crippen molar-refractivity contribution in [3.05, 3.63) is 74.1 Å². The number of fused-ring (bicyclic) bond motifs is 2. The summed E-state index contributed by atoms with van der Waals surface area (Å²) in [5.74, 6) is 0.946. The molecule has 1 aromatic carbocycles. The van der Waals surface area contributed by atoms with E-state index in [4.69, 9.17) is 21.1 Å². The first-order valence-corrected chi connectivity index (χ1v) is 14.7. The van der Waals surface area contributed by atoms with Crippen molar-refractivity contribution in [3.63, 3.8) is 0 Å². The molecule has 2 saturated carbocycles. The van der Waals surface area contributed by atoms with Crippen LogP contribution in [0.1, 0.15) is 35.4 Å². The number of rotatable bonds is 10. The van der Waals surface area contributed by atoms with Gasteiger partial charge in [0.2, 0.25) is 5.60 Å². The molecule has 2 aliphatic carbocycles. The van der Waals surface area contributed by atoms with Gasteiger partial charge in [-0.2, -0.15) is 0 Å². The van der Waals surface area contributed by atoms with E-state index in [0.29, 0.717) is 39.3 Å². The first-order chi connectivity index (χ1) is 17.3. The standard InChI is InChI=1S/C28H33ClNO4S2/c1-30(2,14-5-15-33-21-11-9-20(29)10-12-21)23-18-19-8-13-22(23)26(19)34-27(31)28(32,24-6-3-16-35-24)25-7-4-17-36-25/h3-4,6-7,9-12,16-17,19,22-23,26,32H,5,8,13-15,18H2,1-2H3/q+1/t19?,22?,23-,26?/m0/s1. The Morgan fingerprint density at radius 2 is 1.75 bits per heavy atom. The number of halogens is 1. The third-order valence-electron chi connectivity index (χ3n) is 7.95. The molecule has 3 unspecified atom stereocenters. The van der Waals surface area contributed by atoms with Crippen LogP contribution in [0.4, 0.5) is 0 Å². The molecule has 0 radical (unpaired) electrons. The highest BCUT2D eigenvalue weighted by Gasteiger charge is 2.57. The van der Waals surface area contributed by atoms with E-state index < -0.39 is 11.6 Å². The van der Waals surface area contributed by atoms with E-state index in [1.165, 1.54) is 22.7 Å². The van der Waals surface area contributed by atoms with Crippen LogP contribution in [-0.4, -0.2) is 55.0 Å². The molecule has 0 spiro atoms. The summed E-state index contributed by atoms with van der Waals surface area (Å²) >= 11 is 8.72. The predicted molar refractivity (Wildman–Crippen MR) is 145 cm³/mol. The molecule has 5 rings (SSSR count). The minimum absolute atomic E-state index is 0.142. The molecule has 3 aromatic rings. The van der Waals surface area contributed by atoms with Crippen LogP contribution in [0.5, 0.6) is 5.75 Å². The molecular formula is C28H33ClNO4S2+. The number of thiophene rings is 2. The number of nitrogens with zero attached hydrogens (tertiary/aromatic N) is 1. The van der Waals surface area contributed by atoms with Gasteiger partial charge in [-0.25, -0.2) is 4.79 Å². The Bertz CT molecular complexity index is 1110. The number of carbonyl (C=O) groups is 1. The summed E-state index contributed by atoms with van der Waals surface area (Å²) in [4.78, 5) is 14.8. The lowest BCUT2D eigenvalue weighted by molar-refractivity contribution is -0.918. The Hall–Kier alpha value is -1.90. The Morgan fingerprint density at radius 1 is 1.08 bits per heavy atom. The van der Waals surface area contributed by atoms with Crippen molar-refractivity contribution in [1.82, 2.24) is 0 Å². The zero-order valence-corrected chi connectivity index (χ0v) is 23.0. The number of esters is 1. The summed E-state index contributed by atoms with van der Waals surface area (Å²) in [7, 11) is 4.56. The summed E-state index contributed by atoms with van der Waals surface area (Å²) < 4.78 is 13.0. The van der Waals surface area contributed by atoms with Crippen LogP contribution in [0.25, 0.3) is 0 Å². The van der Waals surface area contributed by atoms with Crippen molar-refractivity contribution in [3.8, 4) is 5.75 Å². The van der Waals surface area contributed by atoms with Gasteiger partial charge in [-0.15, -0.1) is 22.7 Å². The SMILES string of the molecule is C[N+](C)(CCCOc1ccc(Cl)cc1)[C@H]1CC2CCC1C2OC(=O)C(O)(c1cccs1)c1cccs1. The van der Waals surface area contributed by atoms with Crippen molar-refractivity contribution in [1.29, 1.82) is 0 Å². The summed E-state index contributed by atoms with van der Waals surface area (Å²) in [5, 5.41) is 16.1. The third kappa shape index (κ3) is 4.96. The lowest BCUT2D eigenvalue weighted by Gasteiger charge is -2.40. The number of benzene rings is 1. The van der Waals surface area contributed by atoms with Crippen LogP contribution in [0.3, 0.4) is 0 Å². The summed E-state index contributed by atoms with van der Waals surface area (Å²) in [6.07, 6.45) is 3.98. The van der Waals surface area contributed by atoms with Crippen LogP contribution in [0.2, 0.25) is 5.02 Å². The lowest BCUT2D eigenvalue weighted by Crippen LogP contribution is -2.53. The molecular weight excluding hydrogens is 514 g/mol. The van der Waals surface area contributed by atoms with E-state index in [0.717, 1.165) is 42.5 Å². The molecule has 2 bridgehead atoms. The Labute approximate surface area is 225 Å². The second kappa shape index (κ2) is 10.5. The maximum Gasteiger partial charge on any atom is 0.349 e. The third-order valence-corrected chi connectivity index (χ3v) is 10.2. The van der Waals surface area contributed by atoms with Crippen molar-refractivity contribution in [2.24, 2.45) is 11.8 Å². The van der Waals surface area contributed by atoms with Gasteiger partial charge in [0.15, 0.2) is 0 Å². The average Bonchev–Trinajstić information content (AvgIpc) is 3.68. The summed E-state index contributed by atoms with van der Waals surface area (Å²) in [6.45, 7) is 1.63. The highest BCUT2D eigenvalue weighted by atomic mass is 35.5. The monoisotopic (exact) mass is 546 g/mol. The second-order valence-corrected chi connectivity index (χ2v) is 12.8. The second-order valence-electron chi connectivity index (χ2n) is 10.5. The molecule has 2 aliphatic rings. The van der Waals surface area contributed by atoms with Crippen LogP contribution >= 0.6 is 34.3 Å². The van der Waals surface area contributed by atoms with Crippen LogP contribution < -0.4 is 4.74 Å². The fourth-order valence-corrected chi connectivity index (χ4v) is 7.92. The van der Waals surface area contributed by atoms with Gasteiger partial charge in [-0.1, -0.05) is 23.7 Å². The molecule has 8 heteroatoms. The number of hydrogen-bond donors (Lipinski definition) is 1. The van der Waals surface area contributed by atoms with Crippen molar-refractivity contribution in [2.75, 3.05) is 27.2 Å². The topological polar surface area (TPSA) is 55.8 Å². The molecule has 5 nitrogen and oxygen atoms in total. The molecule has 0 saturated heterocycles. The molecule has 36 heavy (non-hydrogen) atoms. The molecule has 2 aromatic heterocycles. The number of hydrogen-bond acceptors (Lipinski definition) is 6. The normalized spacial score (nSPS) is 23.7. The summed E-state index contributed by atoms with van der Waals surface area (Å²) in [6, 6.07) is 15.2. The number of quaternary nitrogens is 1. The molecule has 2 heterocycles. The highest BCUT2D eigenvalue weighted by Crippen LogP contribution is 2.50.